The van der Waals surface area contributed by atoms with Gasteiger partial charge in [-0.05, 0) is 57.4 Å². The number of amides is 2. The van der Waals surface area contributed by atoms with E-state index in [-0.39, 0.29) is 24.8 Å². The van der Waals surface area contributed by atoms with Gasteiger partial charge < -0.3 is 20.1 Å². The molecule has 2 rings (SSSR count). The zero-order chi connectivity index (χ0) is 15.4. The number of rotatable bonds is 4. The molecule has 1 heterocycles. The van der Waals surface area contributed by atoms with Crippen molar-refractivity contribution in [2.24, 2.45) is 0 Å². The van der Waals surface area contributed by atoms with E-state index >= 15 is 0 Å². The van der Waals surface area contributed by atoms with Crippen LogP contribution in [0.1, 0.15) is 32.3 Å². The molecule has 1 atom stereocenters. The van der Waals surface area contributed by atoms with Crippen LogP contribution in [0.15, 0.2) is 18.2 Å². The van der Waals surface area contributed by atoms with Gasteiger partial charge in [0.2, 0.25) is 0 Å². The van der Waals surface area contributed by atoms with Crippen LogP contribution < -0.4 is 10.1 Å². The Morgan fingerprint density at radius 3 is 2.90 bits per heavy atom. The maximum atomic E-state index is 12.2. The maximum absolute atomic E-state index is 12.2. The number of carbonyl (C=O) groups excluding carboxylic acids is 1. The fourth-order valence-corrected chi connectivity index (χ4v) is 2.60. The van der Waals surface area contributed by atoms with Crippen molar-refractivity contribution in [3.05, 3.63) is 23.8 Å². The number of aliphatic hydroxyl groups excluding tert-OH is 1. The Labute approximate surface area is 125 Å². The SMILES string of the molecule is Cc1cc(NC(=O)N2CCCC2CO)ccc1OC(C)C. The van der Waals surface area contributed by atoms with E-state index in [0.29, 0.717) is 6.54 Å². The minimum atomic E-state index is -0.150. The van der Waals surface area contributed by atoms with E-state index in [1.54, 1.807) is 4.90 Å². The summed E-state index contributed by atoms with van der Waals surface area (Å²) < 4.78 is 5.68. The lowest BCUT2D eigenvalue weighted by Crippen LogP contribution is -2.40. The molecule has 1 aromatic rings. The van der Waals surface area contributed by atoms with Crippen LogP contribution in [-0.2, 0) is 0 Å². The minimum Gasteiger partial charge on any atom is -0.491 e. The molecule has 1 aliphatic rings. The predicted molar refractivity (Wildman–Crippen MR) is 82.8 cm³/mol. The van der Waals surface area contributed by atoms with E-state index in [2.05, 4.69) is 5.32 Å². The molecule has 0 aliphatic carbocycles. The summed E-state index contributed by atoms with van der Waals surface area (Å²) in [7, 11) is 0. The molecular formula is C16H24N2O3. The van der Waals surface area contributed by atoms with Gasteiger partial charge in [-0.3, -0.25) is 0 Å². The van der Waals surface area contributed by atoms with E-state index in [1.165, 1.54) is 0 Å². The molecule has 0 bridgehead atoms. The minimum absolute atomic E-state index is 0.0214. The molecule has 5 heteroatoms. The number of nitrogens with zero attached hydrogens (tertiary/aromatic N) is 1. The number of aryl methyl sites for hydroxylation is 1. The predicted octanol–water partition coefficient (Wildman–Crippen LogP) is 2.77. The van der Waals surface area contributed by atoms with Crippen molar-refractivity contribution in [3.8, 4) is 5.75 Å². The zero-order valence-electron chi connectivity index (χ0n) is 12.9. The second-order valence-electron chi connectivity index (χ2n) is 5.75. The lowest BCUT2D eigenvalue weighted by Gasteiger charge is -2.23. The Kier molecular flexibility index (Phi) is 5.07. The molecule has 5 nitrogen and oxygen atoms in total. The molecule has 1 unspecified atom stereocenters. The Morgan fingerprint density at radius 1 is 1.52 bits per heavy atom. The molecule has 1 saturated heterocycles. The number of ether oxygens (including phenoxy) is 1. The van der Waals surface area contributed by atoms with Crippen molar-refractivity contribution in [2.75, 3.05) is 18.5 Å². The number of carbonyl (C=O) groups is 1. The monoisotopic (exact) mass is 292 g/mol. The van der Waals surface area contributed by atoms with Crippen LogP contribution in [0, 0.1) is 6.92 Å². The fourth-order valence-electron chi connectivity index (χ4n) is 2.60. The Hall–Kier alpha value is -1.75. The summed E-state index contributed by atoms with van der Waals surface area (Å²) in [6, 6.07) is 5.41. The third kappa shape index (κ3) is 3.88. The second kappa shape index (κ2) is 6.80. The van der Waals surface area contributed by atoms with Gasteiger partial charge in [0.15, 0.2) is 0 Å². The Bertz CT molecular complexity index is 502. The number of aliphatic hydroxyl groups is 1. The molecule has 21 heavy (non-hydrogen) atoms. The van der Waals surface area contributed by atoms with Crippen molar-refractivity contribution in [1.82, 2.24) is 4.90 Å². The number of anilines is 1. The largest absolute Gasteiger partial charge is 0.491 e. The summed E-state index contributed by atoms with van der Waals surface area (Å²) in [6.07, 6.45) is 1.93. The summed E-state index contributed by atoms with van der Waals surface area (Å²) in [5.41, 5.74) is 1.74. The number of likely N-dealkylation sites (tertiary alicyclic amines) is 1. The first kappa shape index (κ1) is 15.6. The van der Waals surface area contributed by atoms with Crippen molar-refractivity contribution in [3.63, 3.8) is 0 Å². The van der Waals surface area contributed by atoms with Crippen LogP contribution in [-0.4, -0.2) is 41.3 Å². The molecule has 2 amide bonds. The second-order valence-corrected chi connectivity index (χ2v) is 5.75. The molecule has 0 radical (unpaired) electrons. The highest BCUT2D eigenvalue weighted by molar-refractivity contribution is 5.90. The summed E-state index contributed by atoms with van der Waals surface area (Å²) >= 11 is 0. The third-order valence-corrected chi connectivity index (χ3v) is 3.64. The van der Waals surface area contributed by atoms with Gasteiger partial charge in [0.05, 0.1) is 18.8 Å². The van der Waals surface area contributed by atoms with Crippen LogP contribution in [0.3, 0.4) is 0 Å². The number of hydrogen-bond donors (Lipinski definition) is 2. The van der Waals surface area contributed by atoms with Gasteiger partial charge in [0, 0.05) is 12.2 Å². The van der Waals surface area contributed by atoms with Crippen molar-refractivity contribution in [1.29, 1.82) is 0 Å². The highest BCUT2D eigenvalue weighted by atomic mass is 16.5. The van der Waals surface area contributed by atoms with Gasteiger partial charge in [-0.25, -0.2) is 4.79 Å². The topological polar surface area (TPSA) is 61.8 Å². The lowest BCUT2D eigenvalue weighted by molar-refractivity contribution is 0.166. The van der Waals surface area contributed by atoms with Crippen LogP contribution in [0.2, 0.25) is 0 Å². The summed E-state index contributed by atoms with van der Waals surface area (Å²) in [6.45, 7) is 6.65. The van der Waals surface area contributed by atoms with E-state index in [4.69, 9.17) is 4.74 Å². The first-order chi connectivity index (χ1) is 10.0. The summed E-state index contributed by atoms with van der Waals surface area (Å²) in [4.78, 5) is 13.9. The summed E-state index contributed by atoms with van der Waals surface area (Å²) in [5, 5.41) is 12.2. The lowest BCUT2D eigenvalue weighted by atomic mass is 10.2. The van der Waals surface area contributed by atoms with Gasteiger partial charge in [0.25, 0.3) is 0 Å². The smallest absolute Gasteiger partial charge is 0.322 e. The molecule has 0 saturated carbocycles. The average Bonchev–Trinajstić information content (AvgIpc) is 2.90. The molecular weight excluding hydrogens is 268 g/mol. The molecule has 1 aliphatic heterocycles. The van der Waals surface area contributed by atoms with Crippen LogP contribution in [0.4, 0.5) is 10.5 Å². The van der Waals surface area contributed by atoms with E-state index in [9.17, 15) is 9.90 Å². The third-order valence-electron chi connectivity index (χ3n) is 3.64. The van der Waals surface area contributed by atoms with Crippen LogP contribution in [0.25, 0.3) is 0 Å². The molecule has 1 aromatic carbocycles. The molecule has 0 spiro atoms. The quantitative estimate of drug-likeness (QED) is 0.897. The molecule has 0 aromatic heterocycles. The average molecular weight is 292 g/mol. The first-order valence-corrected chi connectivity index (χ1v) is 7.47. The first-order valence-electron chi connectivity index (χ1n) is 7.47. The van der Waals surface area contributed by atoms with Gasteiger partial charge >= 0.3 is 6.03 Å². The number of nitrogens with one attached hydrogen (secondary N) is 1. The Balaban J connectivity index is 2.02. The van der Waals surface area contributed by atoms with Gasteiger partial charge in [0.1, 0.15) is 5.75 Å². The molecule has 2 N–H and O–H groups in total. The molecule has 1 fully saturated rings. The maximum Gasteiger partial charge on any atom is 0.322 e. The van der Waals surface area contributed by atoms with Gasteiger partial charge in [-0.1, -0.05) is 0 Å². The Morgan fingerprint density at radius 2 is 2.29 bits per heavy atom. The van der Waals surface area contributed by atoms with Crippen LogP contribution in [0.5, 0.6) is 5.75 Å². The van der Waals surface area contributed by atoms with E-state index in [0.717, 1.165) is 29.8 Å². The highest BCUT2D eigenvalue weighted by Crippen LogP contribution is 2.24. The van der Waals surface area contributed by atoms with Crippen molar-refractivity contribution >= 4 is 11.7 Å². The van der Waals surface area contributed by atoms with E-state index < -0.39 is 0 Å². The fraction of sp³-hybridized carbons (Fsp3) is 0.562. The zero-order valence-corrected chi connectivity index (χ0v) is 12.9. The van der Waals surface area contributed by atoms with Crippen molar-refractivity contribution in [2.45, 2.75) is 45.8 Å². The van der Waals surface area contributed by atoms with Crippen molar-refractivity contribution < 1.29 is 14.6 Å². The number of benzene rings is 1. The number of hydrogen-bond acceptors (Lipinski definition) is 3. The van der Waals surface area contributed by atoms with Crippen LogP contribution >= 0.6 is 0 Å². The van der Waals surface area contributed by atoms with E-state index in [1.807, 2.05) is 39.0 Å². The molecule has 116 valence electrons. The standard InChI is InChI=1S/C16H24N2O3/c1-11(2)21-15-7-6-13(9-12(15)3)17-16(20)18-8-4-5-14(18)10-19/h6-7,9,11,14,19H,4-5,8,10H2,1-3H3,(H,17,20). The normalized spacial score (nSPS) is 18.1. The van der Waals surface area contributed by atoms with Gasteiger partial charge in [-0.2, -0.15) is 0 Å². The number of urea groups is 1. The summed E-state index contributed by atoms with van der Waals surface area (Å²) in [5.74, 6) is 0.831. The van der Waals surface area contributed by atoms with Gasteiger partial charge in [-0.15, -0.1) is 0 Å². The highest BCUT2D eigenvalue weighted by Gasteiger charge is 2.28.